The molecule has 1 aromatic heterocycles. The van der Waals surface area contributed by atoms with Gasteiger partial charge in [-0.25, -0.2) is 4.98 Å². The number of methoxy groups -OCH3 is 1. The third kappa shape index (κ3) is 3.60. The van der Waals surface area contributed by atoms with E-state index in [-0.39, 0.29) is 0 Å². The molecule has 1 aromatic rings. The summed E-state index contributed by atoms with van der Waals surface area (Å²) >= 11 is 0. The van der Waals surface area contributed by atoms with Gasteiger partial charge in [0, 0.05) is 12.6 Å². The average Bonchev–Trinajstić information content (AvgIpc) is 2.37. The van der Waals surface area contributed by atoms with Crippen LogP contribution in [0.1, 0.15) is 25.7 Å². The van der Waals surface area contributed by atoms with E-state index in [0.29, 0.717) is 12.0 Å². The van der Waals surface area contributed by atoms with E-state index < -0.39 is 0 Å². The standard InChI is InChI=1S/C13H21N3O/c1-17-12-5-6-13(16-9-12)15-8-10-3-2-4-11(14)7-10/h5-6,9-11H,2-4,7-8,14H2,1H3,(H,15,16). The Hall–Kier alpha value is -1.29. The lowest BCUT2D eigenvalue weighted by molar-refractivity contribution is 0.335. The lowest BCUT2D eigenvalue weighted by Crippen LogP contribution is -2.31. The van der Waals surface area contributed by atoms with Gasteiger partial charge in [-0.05, 0) is 37.3 Å². The molecule has 1 saturated carbocycles. The lowest BCUT2D eigenvalue weighted by atomic mass is 9.86. The molecule has 4 heteroatoms. The molecule has 4 nitrogen and oxygen atoms in total. The molecular formula is C13H21N3O. The van der Waals surface area contributed by atoms with Crippen LogP contribution in [0.25, 0.3) is 0 Å². The Morgan fingerprint density at radius 1 is 1.47 bits per heavy atom. The Morgan fingerprint density at radius 3 is 3.00 bits per heavy atom. The van der Waals surface area contributed by atoms with E-state index >= 15 is 0 Å². The van der Waals surface area contributed by atoms with Crippen molar-refractivity contribution in [1.29, 1.82) is 0 Å². The van der Waals surface area contributed by atoms with Crippen LogP contribution in [0.5, 0.6) is 5.75 Å². The molecular weight excluding hydrogens is 214 g/mol. The van der Waals surface area contributed by atoms with Gasteiger partial charge in [0.05, 0.1) is 13.3 Å². The van der Waals surface area contributed by atoms with Crippen molar-refractivity contribution in [3.8, 4) is 5.75 Å². The SMILES string of the molecule is COc1ccc(NCC2CCCC(N)C2)nc1. The molecule has 0 saturated heterocycles. The van der Waals surface area contributed by atoms with E-state index in [0.717, 1.165) is 24.5 Å². The second kappa shape index (κ2) is 5.87. The molecule has 1 heterocycles. The predicted molar refractivity (Wildman–Crippen MR) is 69.2 cm³/mol. The number of rotatable bonds is 4. The Bertz CT molecular complexity index is 339. The number of nitrogens with two attached hydrogens (primary N) is 1. The number of nitrogens with zero attached hydrogens (tertiary/aromatic N) is 1. The third-order valence-corrected chi connectivity index (χ3v) is 3.37. The topological polar surface area (TPSA) is 60.2 Å². The van der Waals surface area contributed by atoms with Crippen molar-refractivity contribution in [2.75, 3.05) is 19.0 Å². The minimum absolute atomic E-state index is 0.388. The van der Waals surface area contributed by atoms with Gasteiger partial charge in [0.1, 0.15) is 11.6 Å². The number of aromatic nitrogens is 1. The number of hydrogen-bond donors (Lipinski definition) is 2. The maximum atomic E-state index is 5.97. The minimum atomic E-state index is 0.388. The zero-order valence-electron chi connectivity index (χ0n) is 10.4. The Kier molecular flexibility index (Phi) is 4.20. The van der Waals surface area contributed by atoms with Crippen molar-refractivity contribution in [2.24, 2.45) is 11.7 Å². The minimum Gasteiger partial charge on any atom is -0.495 e. The van der Waals surface area contributed by atoms with Gasteiger partial charge in [-0.3, -0.25) is 0 Å². The van der Waals surface area contributed by atoms with Crippen LogP contribution >= 0.6 is 0 Å². The molecule has 2 rings (SSSR count). The first-order valence-corrected chi connectivity index (χ1v) is 6.27. The van der Waals surface area contributed by atoms with Crippen LogP contribution in [0, 0.1) is 5.92 Å². The van der Waals surface area contributed by atoms with Crippen LogP contribution in [0.2, 0.25) is 0 Å². The Balaban J connectivity index is 1.80. The van der Waals surface area contributed by atoms with Crippen molar-refractivity contribution in [1.82, 2.24) is 4.98 Å². The molecule has 1 aliphatic carbocycles. The molecule has 0 aliphatic heterocycles. The van der Waals surface area contributed by atoms with E-state index in [9.17, 15) is 0 Å². The second-order valence-corrected chi connectivity index (χ2v) is 4.76. The van der Waals surface area contributed by atoms with Crippen molar-refractivity contribution in [2.45, 2.75) is 31.7 Å². The summed E-state index contributed by atoms with van der Waals surface area (Å²) in [4.78, 5) is 4.29. The first-order valence-electron chi connectivity index (χ1n) is 6.27. The van der Waals surface area contributed by atoms with E-state index in [1.54, 1.807) is 13.3 Å². The summed E-state index contributed by atoms with van der Waals surface area (Å²) in [5, 5.41) is 3.36. The van der Waals surface area contributed by atoms with Gasteiger partial charge in [-0.2, -0.15) is 0 Å². The molecule has 0 bridgehead atoms. The smallest absolute Gasteiger partial charge is 0.137 e. The Labute approximate surface area is 103 Å². The predicted octanol–water partition coefficient (Wildman–Crippen LogP) is 2.02. The highest BCUT2D eigenvalue weighted by atomic mass is 16.5. The number of pyridine rings is 1. The van der Waals surface area contributed by atoms with Gasteiger partial charge < -0.3 is 15.8 Å². The highest BCUT2D eigenvalue weighted by molar-refractivity contribution is 5.37. The first kappa shape index (κ1) is 12.2. The average molecular weight is 235 g/mol. The van der Waals surface area contributed by atoms with Crippen LogP contribution in [0.15, 0.2) is 18.3 Å². The quantitative estimate of drug-likeness (QED) is 0.838. The molecule has 2 unspecified atom stereocenters. The monoisotopic (exact) mass is 235 g/mol. The summed E-state index contributed by atoms with van der Waals surface area (Å²) in [7, 11) is 1.65. The summed E-state index contributed by atoms with van der Waals surface area (Å²) < 4.78 is 5.07. The lowest BCUT2D eigenvalue weighted by Gasteiger charge is -2.26. The normalized spacial score (nSPS) is 24.4. The molecule has 17 heavy (non-hydrogen) atoms. The molecule has 1 fully saturated rings. The fraction of sp³-hybridized carbons (Fsp3) is 0.615. The van der Waals surface area contributed by atoms with Gasteiger partial charge in [0.15, 0.2) is 0 Å². The number of nitrogens with one attached hydrogen (secondary N) is 1. The molecule has 3 N–H and O–H groups in total. The van der Waals surface area contributed by atoms with Crippen molar-refractivity contribution < 1.29 is 4.74 Å². The summed E-state index contributed by atoms with van der Waals surface area (Å²) in [6, 6.07) is 4.25. The zero-order chi connectivity index (χ0) is 12.1. The van der Waals surface area contributed by atoms with Crippen molar-refractivity contribution in [3.05, 3.63) is 18.3 Å². The third-order valence-electron chi connectivity index (χ3n) is 3.37. The van der Waals surface area contributed by atoms with Gasteiger partial charge in [0.25, 0.3) is 0 Å². The molecule has 0 amide bonds. The number of ether oxygens (including phenoxy) is 1. The van der Waals surface area contributed by atoms with E-state index in [1.165, 1.54) is 19.3 Å². The van der Waals surface area contributed by atoms with Crippen molar-refractivity contribution in [3.63, 3.8) is 0 Å². The largest absolute Gasteiger partial charge is 0.495 e. The summed E-state index contributed by atoms with van der Waals surface area (Å²) in [5.74, 6) is 2.38. The van der Waals surface area contributed by atoms with Crippen LogP contribution in [0.4, 0.5) is 5.82 Å². The second-order valence-electron chi connectivity index (χ2n) is 4.76. The Morgan fingerprint density at radius 2 is 2.35 bits per heavy atom. The fourth-order valence-corrected chi connectivity index (χ4v) is 2.37. The van der Waals surface area contributed by atoms with E-state index in [1.807, 2.05) is 12.1 Å². The molecule has 1 aliphatic rings. The highest BCUT2D eigenvalue weighted by Gasteiger charge is 2.18. The molecule has 0 radical (unpaired) electrons. The fourth-order valence-electron chi connectivity index (χ4n) is 2.37. The summed E-state index contributed by atoms with van der Waals surface area (Å²) in [6.07, 6.45) is 6.57. The zero-order valence-corrected chi connectivity index (χ0v) is 10.4. The van der Waals surface area contributed by atoms with Gasteiger partial charge in [0.2, 0.25) is 0 Å². The number of hydrogen-bond acceptors (Lipinski definition) is 4. The molecule has 0 aromatic carbocycles. The first-order chi connectivity index (χ1) is 8.28. The van der Waals surface area contributed by atoms with E-state index in [4.69, 9.17) is 10.5 Å². The van der Waals surface area contributed by atoms with Crippen LogP contribution in [0.3, 0.4) is 0 Å². The van der Waals surface area contributed by atoms with Gasteiger partial charge in [-0.15, -0.1) is 0 Å². The number of anilines is 1. The molecule has 94 valence electrons. The molecule has 2 atom stereocenters. The van der Waals surface area contributed by atoms with Crippen molar-refractivity contribution >= 4 is 5.82 Å². The van der Waals surface area contributed by atoms with E-state index in [2.05, 4.69) is 10.3 Å². The van der Waals surface area contributed by atoms with Gasteiger partial charge >= 0.3 is 0 Å². The summed E-state index contributed by atoms with van der Waals surface area (Å²) in [6.45, 7) is 0.965. The van der Waals surface area contributed by atoms with Crippen LogP contribution in [-0.2, 0) is 0 Å². The maximum Gasteiger partial charge on any atom is 0.137 e. The van der Waals surface area contributed by atoms with Crippen LogP contribution < -0.4 is 15.8 Å². The molecule has 0 spiro atoms. The summed E-state index contributed by atoms with van der Waals surface area (Å²) in [5.41, 5.74) is 5.97. The highest BCUT2D eigenvalue weighted by Crippen LogP contribution is 2.23. The van der Waals surface area contributed by atoms with Crippen LogP contribution in [-0.4, -0.2) is 24.7 Å². The van der Waals surface area contributed by atoms with Gasteiger partial charge in [-0.1, -0.05) is 6.42 Å². The maximum absolute atomic E-state index is 5.97.